The number of benzene rings is 1. The minimum absolute atomic E-state index is 0.539. The van der Waals surface area contributed by atoms with Crippen molar-refractivity contribution in [2.45, 2.75) is 19.8 Å². The number of aromatic nitrogens is 1. The van der Waals surface area contributed by atoms with Crippen LogP contribution in [0.1, 0.15) is 24.1 Å². The number of carbonyl (C=O) groups is 1. The minimum atomic E-state index is -0.882. The van der Waals surface area contributed by atoms with Crippen molar-refractivity contribution in [3.63, 3.8) is 0 Å². The maximum Gasteiger partial charge on any atom is 0.312 e. The van der Waals surface area contributed by atoms with E-state index in [1.165, 1.54) is 0 Å². The summed E-state index contributed by atoms with van der Waals surface area (Å²) >= 11 is 0. The third-order valence-corrected chi connectivity index (χ3v) is 2.96. The molecule has 0 fully saturated rings. The van der Waals surface area contributed by atoms with E-state index >= 15 is 0 Å². The van der Waals surface area contributed by atoms with Gasteiger partial charge in [0.25, 0.3) is 0 Å². The molecule has 0 spiro atoms. The molecule has 0 saturated heterocycles. The molecule has 0 aliphatic rings. The normalized spacial score (nSPS) is 12.4. The fourth-order valence-electron chi connectivity index (χ4n) is 1.88. The molecule has 4 heteroatoms. The molecule has 2 rings (SSSR count). The van der Waals surface area contributed by atoms with Crippen LogP contribution in [0, 0.1) is 6.92 Å². The van der Waals surface area contributed by atoms with Crippen molar-refractivity contribution in [1.29, 1.82) is 0 Å². The second-order valence-electron chi connectivity index (χ2n) is 4.33. The van der Waals surface area contributed by atoms with Gasteiger partial charge in [0, 0.05) is 5.39 Å². The lowest BCUT2D eigenvalue weighted by Gasteiger charge is -2.10. The Balaban J connectivity index is 2.63. The highest BCUT2D eigenvalue weighted by Gasteiger charge is 2.16. The van der Waals surface area contributed by atoms with E-state index in [1.807, 2.05) is 25.1 Å². The number of nitrogens with zero attached hydrogens (tertiary/aromatic N) is 1. The molecule has 0 bridgehead atoms. The van der Waals surface area contributed by atoms with Crippen LogP contribution < -0.4 is 4.74 Å². The second kappa shape index (κ2) is 4.64. The van der Waals surface area contributed by atoms with E-state index in [0.717, 1.165) is 10.9 Å². The van der Waals surface area contributed by atoms with Crippen molar-refractivity contribution >= 4 is 16.9 Å². The molecular weight excluding hydrogens is 230 g/mol. The van der Waals surface area contributed by atoms with Crippen molar-refractivity contribution in [1.82, 2.24) is 4.98 Å². The van der Waals surface area contributed by atoms with Gasteiger partial charge in [0.15, 0.2) is 0 Å². The molecular formula is C14H15NO3. The van der Waals surface area contributed by atoms with Crippen molar-refractivity contribution in [2.24, 2.45) is 0 Å². The third kappa shape index (κ3) is 2.14. The Morgan fingerprint density at radius 2 is 2.11 bits per heavy atom. The smallest absolute Gasteiger partial charge is 0.312 e. The Bertz CT molecular complexity index is 607. The summed E-state index contributed by atoms with van der Waals surface area (Å²) in [4.78, 5) is 15.4. The zero-order chi connectivity index (χ0) is 13.3. The van der Waals surface area contributed by atoms with Gasteiger partial charge in [0.05, 0.1) is 18.7 Å². The number of ether oxygens (including phenoxy) is 1. The lowest BCUT2D eigenvalue weighted by atomic mass is 10.0. The van der Waals surface area contributed by atoms with Gasteiger partial charge in [-0.3, -0.25) is 4.79 Å². The maximum atomic E-state index is 11.0. The number of pyridine rings is 1. The molecule has 4 nitrogen and oxygen atoms in total. The summed E-state index contributed by atoms with van der Waals surface area (Å²) in [5.74, 6) is -0.835. The number of hydrogen-bond acceptors (Lipinski definition) is 3. The van der Waals surface area contributed by atoms with Crippen LogP contribution >= 0.6 is 0 Å². The monoisotopic (exact) mass is 245 g/mol. The molecule has 0 aliphatic heterocycles. The molecule has 1 atom stereocenters. The fourth-order valence-corrected chi connectivity index (χ4v) is 1.88. The molecule has 1 aromatic carbocycles. The zero-order valence-electron chi connectivity index (χ0n) is 10.6. The average Bonchev–Trinajstić information content (AvgIpc) is 2.36. The molecule has 1 heterocycles. The number of rotatable bonds is 3. The predicted molar refractivity (Wildman–Crippen MR) is 69.1 cm³/mol. The first-order valence-corrected chi connectivity index (χ1v) is 5.71. The Kier molecular flexibility index (Phi) is 3.19. The van der Waals surface area contributed by atoms with E-state index in [1.54, 1.807) is 20.1 Å². The van der Waals surface area contributed by atoms with Crippen molar-refractivity contribution < 1.29 is 14.6 Å². The van der Waals surface area contributed by atoms with E-state index < -0.39 is 11.9 Å². The minimum Gasteiger partial charge on any atom is -0.494 e. The SMILES string of the molecule is COc1cc(C)cc2ccc(C(C)C(=O)O)nc12. The van der Waals surface area contributed by atoms with Crippen LogP contribution in [0.3, 0.4) is 0 Å². The average molecular weight is 245 g/mol. The van der Waals surface area contributed by atoms with Gasteiger partial charge < -0.3 is 9.84 Å². The van der Waals surface area contributed by atoms with Gasteiger partial charge in [-0.15, -0.1) is 0 Å². The van der Waals surface area contributed by atoms with E-state index in [4.69, 9.17) is 9.84 Å². The van der Waals surface area contributed by atoms with E-state index in [9.17, 15) is 4.79 Å². The predicted octanol–water partition coefficient (Wildman–Crippen LogP) is 2.74. The molecule has 1 aromatic heterocycles. The Morgan fingerprint density at radius 3 is 2.72 bits per heavy atom. The summed E-state index contributed by atoms with van der Waals surface area (Å²) < 4.78 is 5.29. The quantitative estimate of drug-likeness (QED) is 0.903. The van der Waals surface area contributed by atoms with E-state index in [0.29, 0.717) is 17.0 Å². The highest BCUT2D eigenvalue weighted by molar-refractivity contribution is 5.86. The van der Waals surface area contributed by atoms with Gasteiger partial charge >= 0.3 is 5.97 Å². The van der Waals surface area contributed by atoms with Crippen LogP contribution in [0.4, 0.5) is 0 Å². The molecule has 18 heavy (non-hydrogen) atoms. The summed E-state index contributed by atoms with van der Waals surface area (Å²) in [5.41, 5.74) is 2.33. The Morgan fingerprint density at radius 1 is 1.39 bits per heavy atom. The van der Waals surface area contributed by atoms with E-state index in [-0.39, 0.29) is 0 Å². The Labute approximate surface area is 105 Å². The molecule has 1 unspecified atom stereocenters. The lowest BCUT2D eigenvalue weighted by Crippen LogP contribution is -2.09. The number of carboxylic acids is 1. The molecule has 2 aromatic rings. The summed E-state index contributed by atoms with van der Waals surface area (Å²) in [6, 6.07) is 7.53. The summed E-state index contributed by atoms with van der Waals surface area (Å²) in [5, 5.41) is 9.96. The van der Waals surface area contributed by atoms with Gasteiger partial charge in [-0.25, -0.2) is 4.98 Å². The van der Waals surface area contributed by atoms with Crippen LogP contribution in [0.2, 0.25) is 0 Å². The number of aryl methyl sites for hydroxylation is 1. The third-order valence-electron chi connectivity index (χ3n) is 2.96. The first-order valence-electron chi connectivity index (χ1n) is 5.71. The topological polar surface area (TPSA) is 59.4 Å². The molecule has 0 amide bonds. The number of methoxy groups -OCH3 is 1. The molecule has 0 saturated carbocycles. The van der Waals surface area contributed by atoms with Crippen molar-refractivity contribution in [2.75, 3.05) is 7.11 Å². The largest absolute Gasteiger partial charge is 0.494 e. The lowest BCUT2D eigenvalue weighted by molar-refractivity contribution is -0.138. The van der Waals surface area contributed by atoms with Gasteiger partial charge in [0.2, 0.25) is 0 Å². The number of carboxylic acid groups (broad SMARTS) is 1. The fraction of sp³-hybridized carbons (Fsp3) is 0.286. The number of fused-ring (bicyclic) bond motifs is 1. The molecule has 0 aliphatic carbocycles. The van der Waals surface area contributed by atoms with E-state index in [2.05, 4.69) is 4.98 Å². The van der Waals surface area contributed by atoms with Gasteiger partial charge in [-0.05, 0) is 37.6 Å². The van der Waals surface area contributed by atoms with Crippen LogP contribution in [-0.2, 0) is 4.79 Å². The van der Waals surface area contributed by atoms with Crippen LogP contribution in [0.5, 0.6) is 5.75 Å². The van der Waals surface area contributed by atoms with Gasteiger partial charge in [0.1, 0.15) is 11.3 Å². The maximum absolute atomic E-state index is 11.0. The Hall–Kier alpha value is -2.10. The number of aliphatic carboxylic acids is 1. The number of hydrogen-bond donors (Lipinski definition) is 1. The van der Waals surface area contributed by atoms with Crippen LogP contribution in [0.15, 0.2) is 24.3 Å². The zero-order valence-corrected chi connectivity index (χ0v) is 10.6. The first kappa shape index (κ1) is 12.4. The second-order valence-corrected chi connectivity index (χ2v) is 4.33. The standard InChI is InChI=1S/C14H15NO3/c1-8-6-10-4-5-11(9(2)14(16)17)15-13(10)12(7-8)18-3/h4-7,9H,1-3H3,(H,16,17). The van der Waals surface area contributed by atoms with Crippen molar-refractivity contribution in [3.05, 3.63) is 35.5 Å². The van der Waals surface area contributed by atoms with Gasteiger partial charge in [-0.2, -0.15) is 0 Å². The molecule has 94 valence electrons. The van der Waals surface area contributed by atoms with Gasteiger partial charge in [-0.1, -0.05) is 6.07 Å². The van der Waals surface area contributed by atoms with Crippen LogP contribution in [0.25, 0.3) is 10.9 Å². The summed E-state index contributed by atoms with van der Waals surface area (Å²) in [6.45, 7) is 3.60. The summed E-state index contributed by atoms with van der Waals surface area (Å²) in [7, 11) is 1.59. The molecule has 1 N–H and O–H groups in total. The van der Waals surface area contributed by atoms with Crippen molar-refractivity contribution in [3.8, 4) is 5.75 Å². The summed E-state index contributed by atoms with van der Waals surface area (Å²) in [6.07, 6.45) is 0. The van der Waals surface area contributed by atoms with Crippen LogP contribution in [-0.4, -0.2) is 23.2 Å². The highest BCUT2D eigenvalue weighted by atomic mass is 16.5. The molecule has 0 radical (unpaired) electrons. The first-order chi connectivity index (χ1) is 8.52. The highest BCUT2D eigenvalue weighted by Crippen LogP contribution is 2.27.